The lowest BCUT2D eigenvalue weighted by atomic mass is 9.86. The van der Waals surface area contributed by atoms with Crippen LogP contribution in [-0.4, -0.2) is 19.9 Å². The van der Waals surface area contributed by atoms with Gasteiger partial charge in [0.2, 0.25) is 45.6 Å². The minimum Gasteiger partial charge on any atom is -0.437 e. The van der Waals surface area contributed by atoms with Crippen molar-refractivity contribution in [2.45, 2.75) is 159 Å². The monoisotopic (exact) mass is 1390 g/mol. The molecule has 1 aliphatic carbocycles. The van der Waals surface area contributed by atoms with Crippen molar-refractivity contribution in [3.8, 4) is 45.0 Å². The third-order valence-electron chi connectivity index (χ3n) is 20.0. The second kappa shape index (κ2) is 29.6. The molecule has 0 radical (unpaired) electrons. The highest BCUT2D eigenvalue weighted by Gasteiger charge is 2.27. The van der Waals surface area contributed by atoms with Gasteiger partial charge in [-0.15, -0.1) is 0 Å². The number of pyridine rings is 8. The molecule has 12 heterocycles. The van der Waals surface area contributed by atoms with E-state index in [0.717, 1.165) is 168 Å². The van der Waals surface area contributed by atoms with E-state index in [-0.39, 0.29) is 37.8 Å². The summed E-state index contributed by atoms with van der Waals surface area (Å²) in [6.45, 7) is 12.0. The topological polar surface area (TPSA) is 120 Å². The van der Waals surface area contributed by atoms with Crippen molar-refractivity contribution in [1.29, 1.82) is 0 Å². The average molecular weight is 1390 g/mol. The van der Waals surface area contributed by atoms with Gasteiger partial charge in [-0.25, -0.2) is 38.2 Å². The van der Waals surface area contributed by atoms with Gasteiger partial charge >= 0.3 is 0 Å². The van der Waals surface area contributed by atoms with Crippen molar-refractivity contribution < 1.29 is 56.5 Å². The number of rotatable bonds is 11. The molecule has 0 saturated heterocycles. The van der Waals surface area contributed by atoms with Crippen molar-refractivity contribution >= 4 is 88.3 Å². The summed E-state index contributed by atoms with van der Waals surface area (Å²) in [6, 6.07) is 47.6. The van der Waals surface area contributed by atoms with Gasteiger partial charge in [0, 0.05) is 139 Å². The molecule has 0 amide bonds. The van der Waals surface area contributed by atoms with E-state index in [2.05, 4.69) is 113 Å². The van der Waals surface area contributed by atoms with Gasteiger partial charge in [-0.2, -0.15) is 0 Å². The number of aryl methyl sites for hydroxylation is 14. The van der Waals surface area contributed by atoms with E-state index in [1.54, 1.807) is 26.0 Å². The predicted octanol–water partition coefficient (Wildman–Crippen LogP) is 21.4. The Balaban J connectivity index is 0.000000131. The molecule has 0 unspecified atom stereocenters. The normalized spacial score (nSPS) is 16.5. The standard InChI is InChI=1S/C26H29N2O.C23H25N2O.C22H23N2O.C21H21N2O/c1-4-18-11-15-23(28(3)16-18)24-17(2)10-12-20-21-13-14-22(19-8-6-5-7-9-19)27-26(21)29-25(20)24;1-6-16-8-12-20(25(5)13-16)21-15(4)7-9-17-18-10-11-19(14(2)3)24-23(18)26-22(17)21;1-5-15-8-12-19(24(4)13-15)20-14(3)7-10-17-18-11-9-16(6-2)23-22(18)25-21(17)20;1-5-15-8-11-18(23(4)12-15)19-13(2)6-9-16-17-10-7-14(3)22-21(17)24-20(16)19/h10-16,19H,4-9H2,1-3H3;7-14H,6H2,1-5H3;7-13H,5-6H2,1-4H3;6-12H,5H2,1-4H3/q4*+1/i8D2,9D2,19D;1D3,14D;2*1D3. The van der Waals surface area contributed by atoms with Crippen LogP contribution >= 0.6 is 0 Å². The molecule has 1 saturated carbocycles. The number of aromatic nitrogens is 8. The molecule has 0 N–H and O–H groups in total. The molecule has 0 bridgehead atoms. The Morgan fingerprint density at radius 2 is 0.740 bits per heavy atom. The van der Waals surface area contributed by atoms with Gasteiger partial charge in [0.05, 0.1) is 22.3 Å². The second-order valence-electron chi connectivity index (χ2n) is 27.5. The maximum absolute atomic E-state index is 9.00. The molecule has 12 aromatic heterocycles. The van der Waals surface area contributed by atoms with Gasteiger partial charge in [-0.05, 0) is 180 Å². The summed E-state index contributed by atoms with van der Waals surface area (Å²) in [7, 11) is 7.80. The van der Waals surface area contributed by atoms with Crippen LogP contribution in [0.15, 0.2) is 188 Å². The maximum Gasteiger partial charge on any atom is 0.227 e. The molecule has 104 heavy (non-hydrogen) atoms. The first-order valence-corrected chi connectivity index (χ1v) is 35.7. The predicted molar refractivity (Wildman–Crippen MR) is 423 cm³/mol. The molecule has 0 atom stereocenters. The van der Waals surface area contributed by atoms with Gasteiger partial charge in [0.15, 0.2) is 47.1 Å². The Bertz CT molecular complexity index is 6630. The van der Waals surface area contributed by atoms with E-state index in [1.165, 1.54) is 5.56 Å². The highest BCUT2D eigenvalue weighted by atomic mass is 16.4. The van der Waals surface area contributed by atoms with Crippen LogP contribution in [0.3, 0.4) is 0 Å². The van der Waals surface area contributed by atoms with E-state index < -0.39 is 45.1 Å². The van der Waals surface area contributed by atoms with Crippen molar-refractivity contribution in [3.63, 3.8) is 0 Å². The Morgan fingerprint density at radius 1 is 0.394 bits per heavy atom. The molecule has 4 aromatic carbocycles. The van der Waals surface area contributed by atoms with E-state index in [4.69, 9.17) is 38.2 Å². The van der Waals surface area contributed by atoms with Gasteiger partial charge in [0.1, 0.15) is 28.2 Å². The fourth-order valence-corrected chi connectivity index (χ4v) is 14.3. The van der Waals surface area contributed by atoms with Crippen LogP contribution in [0.25, 0.3) is 133 Å². The first kappa shape index (κ1) is 54.0. The summed E-state index contributed by atoms with van der Waals surface area (Å²) in [5.74, 6) is -2.93. The van der Waals surface area contributed by atoms with Gasteiger partial charge < -0.3 is 17.7 Å². The number of fused-ring (bicyclic) bond motifs is 12. The SMILES string of the molecule is [2H]C([2H])([2H])Cc1ccc(-c2c(C)ccc3c2oc2nc(C([2H])(C)C)ccc23)[n+](C)c1.[2H]C([2H])([2H])Cc1ccc(-c2c(C)ccc3c2oc2nc(C)ccc23)[n+](C)c1.[2H]C([2H])([2H])Cc1ccc(-c2c(C)ccc3c2oc2nc(CC)ccc23)[n+](C)c1.[2H]C1([2H])CCCC([2H])([2H])C1([2H])c1ccc2c(n1)oc1c(-c3ccc(CC)c[n+]3C)c(C)ccc12. The van der Waals surface area contributed by atoms with Crippen molar-refractivity contribution in [2.75, 3.05) is 0 Å². The largest absolute Gasteiger partial charge is 0.437 e. The molecular formula is C92H98N8O4+4. The third kappa shape index (κ3) is 13.4. The lowest BCUT2D eigenvalue weighted by molar-refractivity contribution is -0.660. The number of furan rings is 4. The zero-order chi connectivity index (χ0) is 85.7. The lowest BCUT2D eigenvalue weighted by Crippen LogP contribution is -2.31. The molecular weight excluding hydrogens is 1280 g/mol. The summed E-state index contributed by atoms with van der Waals surface area (Å²) in [6.07, 6.45) is 6.27. The van der Waals surface area contributed by atoms with Crippen molar-refractivity contribution in [2.24, 2.45) is 28.2 Å². The van der Waals surface area contributed by atoms with Crippen LogP contribution < -0.4 is 18.3 Å². The molecule has 0 aliphatic heterocycles. The molecule has 12 heteroatoms. The molecule has 16 aromatic rings. The van der Waals surface area contributed by atoms with Gasteiger partial charge in [-0.1, -0.05) is 116 Å². The van der Waals surface area contributed by atoms with E-state index in [1.807, 2.05) is 160 Å². The van der Waals surface area contributed by atoms with Gasteiger partial charge in [0.25, 0.3) is 0 Å². The zero-order valence-corrected chi connectivity index (χ0v) is 61.5. The van der Waals surface area contributed by atoms with E-state index in [9.17, 15) is 0 Å². The minimum atomic E-state index is -2.12. The first-order valence-electron chi connectivity index (χ1n) is 43.2. The average Bonchev–Trinajstić information content (AvgIpc) is 1.59. The summed E-state index contributed by atoms with van der Waals surface area (Å²) < 4.78 is 152. The quantitative estimate of drug-likeness (QED) is 0.117. The van der Waals surface area contributed by atoms with Crippen LogP contribution in [-0.2, 0) is 60.3 Å². The van der Waals surface area contributed by atoms with Gasteiger partial charge in [-0.3, -0.25) is 0 Å². The van der Waals surface area contributed by atoms with E-state index >= 15 is 0 Å². The Hall–Kier alpha value is -10.7. The third-order valence-corrected chi connectivity index (χ3v) is 20.0. The molecule has 1 fully saturated rings. The minimum absolute atomic E-state index is 0.0323. The van der Waals surface area contributed by atoms with Crippen molar-refractivity contribution in [1.82, 2.24) is 19.9 Å². The molecule has 526 valence electrons. The second-order valence-corrected chi connectivity index (χ2v) is 27.5. The lowest BCUT2D eigenvalue weighted by Gasteiger charge is -2.20. The summed E-state index contributed by atoms with van der Waals surface area (Å²) in [5.41, 5.74) is 23.6. The Morgan fingerprint density at radius 3 is 1.12 bits per heavy atom. The number of benzene rings is 4. The Labute approximate surface area is 631 Å². The summed E-state index contributed by atoms with van der Waals surface area (Å²) >= 11 is 0. The molecule has 17 rings (SSSR count). The smallest absolute Gasteiger partial charge is 0.227 e. The zero-order valence-electron chi connectivity index (χ0n) is 76.5. The highest BCUT2D eigenvalue weighted by Crippen LogP contribution is 2.42. The first-order chi connectivity index (χ1) is 55.9. The number of hydrogen-bond acceptors (Lipinski definition) is 8. The Kier molecular flexibility index (Phi) is 15.3. The maximum atomic E-state index is 9.00. The van der Waals surface area contributed by atoms with Crippen LogP contribution in [0.4, 0.5) is 0 Å². The molecule has 12 nitrogen and oxygen atoms in total. The fraction of sp³-hybridized carbons (Fsp3) is 0.304. The summed E-state index contributed by atoms with van der Waals surface area (Å²) in [5, 5.41) is 7.63. The van der Waals surface area contributed by atoms with E-state index in [0.29, 0.717) is 40.6 Å². The fourth-order valence-electron chi connectivity index (χ4n) is 14.3. The number of nitrogens with zero attached hydrogens (tertiary/aromatic N) is 8. The van der Waals surface area contributed by atoms with Crippen LogP contribution in [0.5, 0.6) is 0 Å². The number of hydrogen-bond donors (Lipinski definition) is 0. The van der Waals surface area contributed by atoms with Crippen LogP contribution in [0.2, 0.25) is 0 Å². The molecule has 1 aliphatic rings. The summed E-state index contributed by atoms with van der Waals surface area (Å²) in [4.78, 5) is 18.3. The highest BCUT2D eigenvalue weighted by molar-refractivity contribution is 6.12. The van der Waals surface area contributed by atoms with Crippen LogP contribution in [0.1, 0.15) is 180 Å². The van der Waals surface area contributed by atoms with Crippen molar-refractivity contribution in [3.05, 3.63) is 238 Å². The molecule has 0 spiro atoms. The van der Waals surface area contributed by atoms with Crippen LogP contribution in [0, 0.1) is 34.6 Å².